The lowest BCUT2D eigenvalue weighted by atomic mass is 10.3. The van der Waals surface area contributed by atoms with Gasteiger partial charge in [-0.25, -0.2) is 4.79 Å². The third-order valence-electron chi connectivity index (χ3n) is 3.14. The molecule has 23 heavy (non-hydrogen) atoms. The van der Waals surface area contributed by atoms with E-state index in [9.17, 15) is 9.59 Å². The number of methoxy groups -OCH3 is 1. The van der Waals surface area contributed by atoms with Crippen molar-refractivity contribution in [1.29, 1.82) is 0 Å². The SMILES string of the molecule is COC(=O)c1cc(C)sc1NC(=O)CN(C)Cc1cnn(C)c1. The number of nitrogens with zero attached hydrogens (tertiary/aromatic N) is 3. The van der Waals surface area contributed by atoms with Crippen LogP contribution in [0.4, 0.5) is 5.00 Å². The van der Waals surface area contributed by atoms with Crippen molar-refractivity contribution in [2.75, 3.05) is 26.0 Å². The Bertz CT molecular complexity index is 707. The maximum atomic E-state index is 12.2. The zero-order chi connectivity index (χ0) is 17.0. The number of rotatable bonds is 6. The molecule has 1 amide bonds. The molecule has 124 valence electrons. The van der Waals surface area contributed by atoms with Crippen LogP contribution in [0.15, 0.2) is 18.5 Å². The van der Waals surface area contributed by atoms with E-state index in [4.69, 9.17) is 4.74 Å². The largest absolute Gasteiger partial charge is 0.465 e. The molecule has 7 nitrogen and oxygen atoms in total. The fraction of sp³-hybridized carbons (Fsp3) is 0.400. The number of carbonyl (C=O) groups is 2. The molecule has 0 radical (unpaired) electrons. The van der Waals surface area contributed by atoms with Crippen LogP contribution in [0.3, 0.4) is 0 Å². The molecule has 1 N–H and O–H groups in total. The Kier molecular flexibility index (Phi) is 5.51. The van der Waals surface area contributed by atoms with Crippen LogP contribution in [0.5, 0.6) is 0 Å². The molecule has 0 atom stereocenters. The van der Waals surface area contributed by atoms with E-state index >= 15 is 0 Å². The van der Waals surface area contributed by atoms with Crippen molar-refractivity contribution < 1.29 is 14.3 Å². The predicted octanol–water partition coefficient (Wildman–Crippen LogP) is 1.65. The quantitative estimate of drug-likeness (QED) is 0.812. The van der Waals surface area contributed by atoms with E-state index < -0.39 is 5.97 Å². The molecule has 2 rings (SSSR count). The molecule has 0 unspecified atom stereocenters. The van der Waals surface area contributed by atoms with Crippen molar-refractivity contribution in [3.05, 3.63) is 34.5 Å². The fourth-order valence-electron chi connectivity index (χ4n) is 2.20. The summed E-state index contributed by atoms with van der Waals surface area (Å²) in [6.07, 6.45) is 3.68. The van der Waals surface area contributed by atoms with Gasteiger partial charge in [-0.05, 0) is 20.0 Å². The highest BCUT2D eigenvalue weighted by atomic mass is 32.1. The lowest BCUT2D eigenvalue weighted by molar-refractivity contribution is -0.117. The van der Waals surface area contributed by atoms with E-state index in [1.54, 1.807) is 16.9 Å². The van der Waals surface area contributed by atoms with Crippen molar-refractivity contribution >= 4 is 28.2 Å². The normalized spacial score (nSPS) is 10.8. The number of aromatic nitrogens is 2. The standard InChI is InChI=1S/C15H20N4O3S/c1-10-5-12(15(21)22-4)14(23-10)17-13(20)9-18(2)7-11-6-16-19(3)8-11/h5-6,8H,7,9H2,1-4H3,(H,17,20). The lowest BCUT2D eigenvalue weighted by Gasteiger charge is -2.15. The molecule has 0 fully saturated rings. The number of ether oxygens (including phenoxy) is 1. The van der Waals surface area contributed by atoms with Crippen LogP contribution in [0.2, 0.25) is 0 Å². The minimum atomic E-state index is -0.451. The summed E-state index contributed by atoms with van der Waals surface area (Å²) in [6, 6.07) is 1.71. The monoisotopic (exact) mass is 336 g/mol. The third kappa shape index (κ3) is 4.64. The van der Waals surface area contributed by atoms with Crippen molar-refractivity contribution in [3.8, 4) is 0 Å². The van der Waals surface area contributed by atoms with Crippen LogP contribution in [0, 0.1) is 6.92 Å². The molecule has 2 aromatic heterocycles. The Morgan fingerprint density at radius 2 is 2.22 bits per heavy atom. The Balaban J connectivity index is 1.95. The van der Waals surface area contributed by atoms with Gasteiger partial charge in [-0.2, -0.15) is 5.10 Å². The molecule has 2 aromatic rings. The van der Waals surface area contributed by atoms with Gasteiger partial charge in [0.1, 0.15) is 5.00 Å². The van der Waals surface area contributed by atoms with Crippen LogP contribution in [-0.4, -0.2) is 47.3 Å². The first-order valence-electron chi connectivity index (χ1n) is 7.03. The van der Waals surface area contributed by atoms with E-state index in [0.29, 0.717) is 17.1 Å². The number of thiophene rings is 1. The number of hydrogen-bond donors (Lipinski definition) is 1. The summed E-state index contributed by atoms with van der Waals surface area (Å²) in [5.74, 6) is -0.628. The molecule has 0 spiro atoms. The zero-order valence-corrected chi connectivity index (χ0v) is 14.4. The Labute approximate surface area is 138 Å². The molecule has 0 saturated carbocycles. The van der Waals surface area contributed by atoms with Crippen LogP contribution < -0.4 is 5.32 Å². The highest BCUT2D eigenvalue weighted by molar-refractivity contribution is 7.16. The summed E-state index contributed by atoms with van der Waals surface area (Å²) in [6.45, 7) is 2.71. The number of nitrogens with one attached hydrogen (secondary N) is 1. The number of esters is 1. The molecular formula is C15H20N4O3S. The van der Waals surface area contributed by atoms with Gasteiger partial charge in [-0.1, -0.05) is 0 Å². The molecule has 0 aliphatic rings. The van der Waals surface area contributed by atoms with Crippen LogP contribution in [0.1, 0.15) is 20.8 Å². The van der Waals surface area contributed by atoms with Gasteiger partial charge >= 0.3 is 5.97 Å². The average molecular weight is 336 g/mol. The lowest BCUT2D eigenvalue weighted by Crippen LogP contribution is -2.29. The van der Waals surface area contributed by atoms with Crippen LogP contribution >= 0.6 is 11.3 Å². The first-order valence-corrected chi connectivity index (χ1v) is 7.85. The summed E-state index contributed by atoms with van der Waals surface area (Å²) < 4.78 is 6.45. The number of aryl methyl sites for hydroxylation is 2. The number of hydrogen-bond acceptors (Lipinski definition) is 6. The van der Waals surface area contributed by atoms with Gasteiger partial charge in [0, 0.05) is 30.2 Å². The molecule has 0 aliphatic carbocycles. The zero-order valence-electron chi connectivity index (χ0n) is 13.6. The second-order valence-electron chi connectivity index (χ2n) is 5.33. The third-order valence-corrected chi connectivity index (χ3v) is 4.10. The summed E-state index contributed by atoms with van der Waals surface area (Å²) in [4.78, 5) is 26.7. The van der Waals surface area contributed by atoms with E-state index in [1.165, 1.54) is 18.4 Å². The molecule has 2 heterocycles. The van der Waals surface area contributed by atoms with E-state index in [1.807, 2.05) is 32.1 Å². The van der Waals surface area contributed by atoms with E-state index in [0.717, 1.165) is 10.4 Å². The van der Waals surface area contributed by atoms with Gasteiger partial charge in [0.25, 0.3) is 0 Å². The number of amides is 1. The first-order chi connectivity index (χ1) is 10.9. The van der Waals surface area contributed by atoms with Gasteiger partial charge in [0.2, 0.25) is 5.91 Å². The molecule has 0 aliphatic heterocycles. The van der Waals surface area contributed by atoms with Gasteiger partial charge in [-0.3, -0.25) is 14.4 Å². The smallest absolute Gasteiger partial charge is 0.340 e. The van der Waals surface area contributed by atoms with Crippen molar-refractivity contribution in [2.24, 2.45) is 7.05 Å². The minimum absolute atomic E-state index is 0.177. The molecule has 8 heteroatoms. The van der Waals surface area contributed by atoms with E-state index in [2.05, 4.69) is 10.4 Å². The van der Waals surface area contributed by atoms with Crippen LogP contribution in [-0.2, 0) is 23.1 Å². The van der Waals surface area contributed by atoms with Gasteiger partial charge in [-0.15, -0.1) is 11.3 Å². The Morgan fingerprint density at radius 3 is 2.83 bits per heavy atom. The summed E-state index contributed by atoms with van der Waals surface area (Å²) in [7, 11) is 5.03. The Hall–Kier alpha value is -2.19. The maximum absolute atomic E-state index is 12.2. The number of carbonyl (C=O) groups excluding carboxylic acids is 2. The molecule has 0 saturated heterocycles. The number of anilines is 1. The van der Waals surface area contributed by atoms with E-state index in [-0.39, 0.29) is 12.5 Å². The predicted molar refractivity (Wildman–Crippen MR) is 88.6 cm³/mol. The molecule has 0 aromatic carbocycles. The van der Waals surface area contributed by atoms with Gasteiger partial charge < -0.3 is 10.1 Å². The molecular weight excluding hydrogens is 316 g/mol. The topological polar surface area (TPSA) is 76.5 Å². The van der Waals surface area contributed by atoms with Crippen molar-refractivity contribution in [3.63, 3.8) is 0 Å². The highest BCUT2D eigenvalue weighted by Gasteiger charge is 2.18. The average Bonchev–Trinajstić information content (AvgIpc) is 3.03. The van der Waals surface area contributed by atoms with Crippen molar-refractivity contribution in [1.82, 2.24) is 14.7 Å². The Morgan fingerprint density at radius 1 is 1.48 bits per heavy atom. The summed E-state index contributed by atoms with van der Waals surface area (Å²) in [5, 5.41) is 7.41. The summed E-state index contributed by atoms with van der Waals surface area (Å²) in [5.41, 5.74) is 1.42. The highest BCUT2D eigenvalue weighted by Crippen LogP contribution is 2.28. The fourth-order valence-corrected chi connectivity index (χ4v) is 3.12. The van der Waals surface area contributed by atoms with Crippen molar-refractivity contribution in [2.45, 2.75) is 13.5 Å². The number of likely N-dealkylation sites (N-methyl/N-ethyl adjacent to an activating group) is 1. The minimum Gasteiger partial charge on any atom is -0.465 e. The second kappa shape index (κ2) is 7.38. The van der Waals surface area contributed by atoms with Crippen LogP contribution in [0.25, 0.3) is 0 Å². The molecule has 0 bridgehead atoms. The van der Waals surface area contributed by atoms with Gasteiger partial charge in [0.15, 0.2) is 0 Å². The second-order valence-corrected chi connectivity index (χ2v) is 6.59. The van der Waals surface area contributed by atoms with Gasteiger partial charge in [0.05, 0.1) is 25.4 Å². The summed E-state index contributed by atoms with van der Waals surface area (Å²) >= 11 is 1.36. The maximum Gasteiger partial charge on any atom is 0.340 e. The first kappa shape index (κ1) is 17.2.